The van der Waals surface area contributed by atoms with E-state index in [0.717, 1.165) is 16.9 Å². The van der Waals surface area contributed by atoms with Gasteiger partial charge in [0.1, 0.15) is 17.3 Å². The lowest BCUT2D eigenvalue weighted by molar-refractivity contribution is 0.320. The van der Waals surface area contributed by atoms with Crippen LogP contribution in [0.1, 0.15) is 11.1 Å². The van der Waals surface area contributed by atoms with Gasteiger partial charge in [-0.15, -0.1) is 0 Å². The molecule has 0 unspecified atom stereocenters. The molecule has 4 nitrogen and oxygen atoms in total. The minimum atomic E-state index is -3.62. The minimum Gasteiger partial charge on any atom is -0.492 e. The first-order chi connectivity index (χ1) is 10.4. The van der Waals surface area contributed by atoms with E-state index < -0.39 is 10.0 Å². The van der Waals surface area contributed by atoms with E-state index in [1.165, 1.54) is 6.07 Å². The molecule has 0 amide bonds. The molecular formula is C16H18ClNO3S. The van der Waals surface area contributed by atoms with E-state index in [1.54, 1.807) is 18.2 Å². The summed E-state index contributed by atoms with van der Waals surface area (Å²) in [5, 5.41) is 0.199. The summed E-state index contributed by atoms with van der Waals surface area (Å²) >= 11 is 5.90. The Kier molecular flexibility index (Phi) is 5.45. The number of hydrogen-bond acceptors (Lipinski definition) is 3. The maximum Gasteiger partial charge on any atom is 0.242 e. The molecule has 0 aliphatic heterocycles. The molecule has 22 heavy (non-hydrogen) atoms. The molecule has 0 heterocycles. The molecule has 2 aromatic rings. The summed E-state index contributed by atoms with van der Waals surface area (Å²) in [5.74, 6) is 0.752. The monoisotopic (exact) mass is 339 g/mol. The first kappa shape index (κ1) is 16.8. The third-order valence-electron chi connectivity index (χ3n) is 3.11. The van der Waals surface area contributed by atoms with Crippen LogP contribution in [0.3, 0.4) is 0 Å². The third-order valence-corrected chi connectivity index (χ3v) is 5.07. The van der Waals surface area contributed by atoms with Crippen LogP contribution >= 0.6 is 11.6 Å². The maximum absolute atomic E-state index is 12.1. The molecule has 118 valence electrons. The van der Waals surface area contributed by atoms with E-state index in [0.29, 0.717) is 0 Å². The molecule has 6 heteroatoms. The van der Waals surface area contributed by atoms with Gasteiger partial charge < -0.3 is 4.74 Å². The van der Waals surface area contributed by atoms with Crippen LogP contribution in [0, 0.1) is 13.8 Å². The predicted molar refractivity (Wildman–Crippen MR) is 88.1 cm³/mol. The smallest absolute Gasteiger partial charge is 0.242 e. The lowest BCUT2D eigenvalue weighted by Gasteiger charge is -2.11. The van der Waals surface area contributed by atoms with Crippen LogP contribution in [-0.4, -0.2) is 21.6 Å². The van der Waals surface area contributed by atoms with E-state index in [-0.39, 0.29) is 23.1 Å². The summed E-state index contributed by atoms with van der Waals surface area (Å²) in [6, 6.07) is 12.2. The summed E-state index contributed by atoms with van der Waals surface area (Å²) in [4.78, 5) is 0.0724. The Bertz CT molecular complexity index is 760. The molecule has 0 spiro atoms. The van der Waals surface area contributed by atoms with Gasteiger partial charge in [-0.2, -0.15) is 0 Å². The van der Waals surface area contributed by atoms with Crippen molar-refractivity contribution < 1.29 is 13.2 Å². The van der Waals surface area contributed by atoms with Crippen molar-refractivity contribution >= 4 is 21.6 Å². The van der Waals surface area contributed by atoms with Crippen molar-refractivity contribution in [2.24, 2.45) is 0 Å². The van der Waals surface area contributed by atoms with E-state index >= 15 is 0 Å². The second-order valence-corrected chi connectivity index (χ2v) is 7.09. The summed E-state index contributed by atoms with van der Waals surface area (Å²) in [5.41, 5.74) is 2.18. The fraction of sp³-hybridized carbons (Fsp3) is 0.250. The number of nitrogens with one attached hydrogen (secondary N) is 1. The molecule has 0 atom stereocenters. The van der Waals surface area contributed by atoms with Gasteiger partial charge in [-0.1, -0.05) is 41.4 Å². The Morgan fingerprint density at radius 3 is 2.55 bits per heavy atom. The maximum atomic E-state index is 12.1. The van der Waals surface area contributed by atoms with Gasteiger partial charge in [0.2, 0.25) is 10.0 Å². The second-order valence-electron chi connectivity index (χ2n) is 4.95. The van der Waals surface area contributed by atoms with Gasteiger partial charge in [-0.05, 0) is 37.6 Å². The lowest BCUT2D eigenvalue weighted by atomic mass is 10.1. The Morgan fingerprint density at radius 2 is 1.86 bits per heavy atom. The highest BCUT2D eigenvalue weighted by molar-refractivity contribution is 7.89. The summed E-state index contributed by atoms with van der Waals surface area (Å²) in [7, 11) is -3.62. The number of ether oxygens (including phenoxy) is 1. The average molecular weight is 340 g/mol. The van der Waals surface area contributed by atoms with Gasteiger partial charge in [0.05, 0.1) is 5.02 Å². The van der Waals surface area contributed by atoms with E-state index in [2.05, 4.69) is 4.72 Å². The Labute approximate surface area is 136 Å². The molecular weight excluding hydrogens is 322 g/mol. The Balaban J connectivity index is 1.92. The average Bonchev–Trinajstić information content (AvgIpc) is 2.45. The summed E-state index contributed by atoms with van der Waals surface area (Å²) in [6.07, 6.45) is 0. The molecule has 1 N–H and O–H groups in total. The molecule has 2 aromatic carbocycles. The lowest BCUT2D eigenvalue weighted by Crippen LogP contribution is -2.28. The standard InChI is InChI=1S/C16H18ClNO3S/c1-12-7-8-15(13(2)11-12)21-10-9-18-22(19,20)16-6-4-3-5-14(16)17/h3-8,11,18H,9-10H2,1-2H3. The molecule has 0 aliphatic rings. The van der Waals surface area contributed by atoms with E-state index in [1.807, 2.05) is 32.0 Å². The summed E-state index contributed by atoms with van der Waals surface area (Å²) in [6.45, 7) is 4.37. The van der Waals surface area contributed by atoms with Crippen LogP contribution in [0.25, 0.3) is 0 Å². The van der Waals surface area contributed by atoms with E-state index in [9.17, 15) is 8.42 Å². The molecule has 0 saturated carbocycles. The highest BCUT2D eigenvalue weighted by atomic mass is 35.5. The number of rotatable bonds is 6. The third kappa shape index (κ3) is 4.22. The molecule has 0 fully saturated rings. The zero-order chi connectivity index (χ0) is 16.2. The zero-order valence-corrected chi connectivity index (χ0v) is 14.0. The number of benzene rings is 2. The van der Waals surface area contributed by atoms with Crippen molar-refractivity contribution in [3.63, 3.8) is 0 Å². The van der Waals surface area contributed by atoms with Crippen LogP contribution in [-0.2, 0) is 10.0 Å². The van der Waals surface area contributed by atoms with Crippen molar-refractivity contribution in [1.29, 1.82) is 0 Å². The Hall–Kier alpha value is -1.56. The molecule has 2 rings (SSSR count). The molecule has 0 aliphatic carbocycles. The molecule has 0 aromatic heterocycles. The van der Waals surface area contributed by atoms with Crippen LogP contribution in [0.4, 0.5) is 0 Å². The summed E-state index contributed by atoms with van der Waals surface area (Å²) < 4.78 is 32.3. The van der Waals surface area contributed by atoms with E-state index in [4.69, 9.17) is 16.3 Å². The number of halogens is 1. The van der Waals surface area contributed by atoms with Crippen molar-refractivity contribution in [3.05, 3.63) is 58.6 Å². The van der Waals surface area contributed by atoms with Crippen LogP contribution < -0.4 is 9.46 Å². The number of sulfonamides is 1. The zero-order valence-electron chi connectivity index (χ0n) is 12.5. The van der Waals surface area contributed by atoms with Crippen LogP contribution in [0.5, 0.6) is 5.75 Å². The van der Waals surface area contributed by atoms with Crippen LogP contribution in [0.2, 0.25) is 5.02 Å². The SMILES string of the molecule is Cc1ccc(OCCNS(=O)(=O)c2ccccc2Cl)c(C)c1. The highest BCUT2D eigenvalue weighted by Crippen LogP contribution is 2.20. The van der Waals surface area contributed by atoms with Crippen molar-refractivity contribution in [3.8, 4) is 5.75 Å². The molecule has 0 bridgehead atoms. The molecule has 0 saturated heterocycles. The van der Waals surface area contributed by atoms with Crippen molar-refractivity contribution in [2.45, 2.75) is 18.7 Å². The topological polar surface area (TPSA) is 55.4 Å². The van der Waals surface area contributed by atoms with Gasteiger partial charge in [0.15, 0.2) is 0 Å². The van der Waals surface area contributed by atoms with Crippen molar-refractivity contribution in [1.82, 2.24) is 4.72 Å². The van der Waals surface area contributed by atoms with Gasteiger partial charge in [0.25, 0.3) is 0 Å². The fourth-order valence-corrected chi connectivity index (χ4v) is 3.57. The van der Waals surface area contributed by atoms with Gasteiger partial charge in [-0.25, -0.2) is 13.1 Å². The van der Waals surface area contributed by atoms with Gasteiger partial charge in [0, 0.05) is 6.54 Å². The fourth-order valence-electron chi connectivity index (χ4n) is 2.04. The quantitative estimate of drug-likeness (QED) is 0.821. The first-order valence-electron chi connectivity index (χ1n) is 6.84. The Morgan fingerprint density at radius 1 is 1.14 bits per heavy atom. The number of hydrogen-bond donors (Lipinski definition) is 1. The number of aryl methyl sites for hydroxylation is 2. The highest BCUT2D eigenvalue weighted by Gasteiger charge is 2.16. The second kappa shape index (κ2) is 7.13. The first-order valence-corrected chi connectivity index (χ1v) is 8.70. The predicted octanol–water partition coefficient (Wildman–Crippen LogP) is 3.31. The largest absolute Gasteiger partial charge is 0.492 e. The van der Waals surface area contributed by atoms with Crippen molar-refractivity contribution in [2.75, 3.05) is 13.2 Å². The van der Waals surface area contributed by atoms with Crippen LogP contribution in [0.15, 0.2) is 47.4 Å². The normalized spacial score (nSPS) is 11.4. The van der Waals surface area contributed by atoms with Gasteiger partial charge >= 0.3 is 0 Å². The van der Waals surface area contributed by atoms with Gasteiger partial charge in [-0.3, -0.25) is 0 Å². The molecule has 0 radical (unpaired) electrons. The minimum absolute atomic E-state index is 0.0724.